The van der Waals surface area contributed by atoms with Gasteiger partial charge in [0.25, 0.3) is 0 Å². The van der Waals surface area contributed by atoms with E-state index in [1.165, 1.54) is 0 Å². The Balaban J connectivity index is 4.76. The molecule has 0 aromatic carbocycles. The lowest BCUT2D eigenvalue weighted by Crippen LogP contribution is -2.50. The molecule has 17 heavy (non-hydrogen) atoms. The van der Waals surface area contributed by atoms with Gasteiger partial charge < -0.3 is 13.3 Å². The maximum atomic E-state index is 6.02. The van der Waals surface area contributed by atoms with Crippen LogP contribution >= 0.6 is 12.6 Å². The summed E-state index contributed by atoms with van der Waals surface area (Å²) in [4.78, 5) is 0. The van der Waals surface area contributed by atoms with Crippen LogP contribution in [0.2, 0.25) is 6.04 Å². The van der Waals surface area contributed by atoms with Crippen LogP contribution < -0.4 is 0 Å². The van der Waals surface area contributed by atoms with Crippen LogP contribution in [0.25, 0.3) is 0 Å². The first-order valence-corrected chi connectivity index (χ1v) is 9.02. The largest absolute Gasteiger partial charge is 0.501 e. The highest BCUT2D eigenvalue weighted by Gasteiger charge is 2.43. The first-order valence-electron chi connectivity index (χ1n) is 6.45. The predicted octanol–water partition coefficient (Wildman–Crippen LogP) is 3.52. The van der Waals surface area contributed by atoms with Crippen LogP contribution in [0.15, 0.2) is 0 Å². The summed E-state index contributed by atoms with van der Waals surface area (Å²) >= 11 is 4.26. The van der Waals surface area contributed by atoms with E-state index in [4.69, 9.17) is 13.3 Å². The fourth-order valence-electron chi connectivity index (χ4n) is 1.63. The lowest BCUT2D eigenvalue weighted by atomic mass is 10.5. The second kappa shape index (κ2) is 8.53. The van der Waals surface area contributed by atoms with Crippen molar-refractivity contribution in [2.75, 3.05) is 5.75 Å². The highest BCUT2D eigenvalue weighted by atomic mass is 32.1. The highest BCUT2D eigenvalue weighted by molar-refractivity contribution is 7.80. The predicted molar refractivity (Wildman–Crippen MR) is 77.7 cm³/mol. The van der Waals surface area contributed by atoms with Gasteiger partial charge in [0.2, 0.25) is 0 Å². The van der Waals surface area contributed by atoms with Crippen molar-refractivity contribution in [2.24, 2.45) is 0 Å². The molecule has 0 radical (unpaired) electrons. The molecule has 0 unspecified atom stereocenters. The lowest BCUT2D eigenvalue weighted by molar-refractivity contribution is 0.00319. The third kappa shape index (κ3) is 8.21. The van der Waals surface area contributed by atoms with Crippen molar-refractivity contribution < 1.29 is 13.3 Å². The smallest absolute Gasteiger partial charge is 0.371 e. The van der Waals surface area contributed by atoms with Crippen molar-refractivity contribution >= 4 is 21.4 Å². The SMILES string of the molecule is CC(C)O[Si](CCCS)(OC(C)C)OC(C)C. The van der Waals surface area contributed by atoms with E-state index in [1.54, 1.807) is 0 Å². The van der Waals surface area contributed by atoms with Crippen molar-refractivity contribution in [3.63, 3.8) is 0 Å². The molecule has 0 saturated heterocycles. The summed E-state index contributed by atoms with van der Waals surface area (Å²) in [6, 6.07) is 0.838. The van der Waals surface area contributed by atoms with E-state index >= 15 is 0 Å². The third-order valence-electron chi connectivity index (χ3n) is 1.89. The van der Waals surface area contributed by atoms with Crippen molar-refractivity contribution in [1.29, 1.82) is 0 Å². The molecule has 0 aliphatic heterocycles. The molecule has 0 rings (SSSR count). The molecular formula is C12H28O3SSi. The zero-order valence-electron chi connectivity index (χ0n) is 12.0. The summed E-state index contributed by atoms with van der Waals surface area (Å²) in [5.41, 5.74) is 0. The molecule has 0 heterocycles. The van der Waals surface area contributed by atoms with E-state index in [9.17, 15) is 0 Å². The van der Waals surface area contributed by atoms with Crippen LogP contribution in [0, 0.1) is 0 Å². The topological polar surface area (TPSA) is 27.7 Å². The molecular weight excluding hydrogens is 252 g/mol. The van der Waals surface area contributed by atoms with Gasteiger partial charge >= 0.3 is 8.80 Å². The Hall–Kier alpha value is 0.447. The monoisotopic (exact) mass is 280 g/mol. The molecule has 0 N–H and O–H groups in total. The van der Waals surface area contributed by atoms with E-state index in [-0.39, 0.29) is 18.3 Å². The second-order valence-corrected chi connectivity index (χ2v) is 8.03. The molecule has 0 atom stereocenters. The molecule has 0 aromatic rings. The summed E-state index contributed by atoms with van der Waals surface area (Å²) in [6.07, 6.45) is 1.33. The van der Waals surface area contributed by atoms with Gasteiger partial charge in [0.15, 0.2) is 0 Å². The first-order chi connectivity index (χ1) is 7.81. The van der Waals surface area contributed by atoms with E-state index in [0.29, 0.717) is 0 Å². The molecule has 0 bridgehead atoms. The van der Waals surface area contributed by atoms with Gasteiger partial charge in [-0.3, -0.25) is 0 Å². The summed E-state index contributed by atoms with van der Waals surface area (Å²) in [7, 11) is -2.55. The van der Waals surface area contributed by atoms with Crippen LogP contribution in [0.5, 0.6) is 0 Å². The minimum atomic E-state index is -2.55. The molecule has 3 nitrogen and oxygen atoms in total. The van der Waals surface area contributed by atoms with Crippen molar-refractivity contribution in [1.82, 2.24) is 0 Å². The average molecular weight is 281 g/mol. The van der Waals surface area contributed by atoms with Crippen LogP contribution in [0.3, 0.4) is 0 Å². The normalized spacial score (nSPS) is 13.1. The lowest BCUT2D eigenvalue weighted by Gasteiger charge is -2.34. The third-order valence-corrected chi connectivity index (χ3v) is 5.66. The highest BCUT2D eigenvalue weighted by Crippen LogP contribution is 2.23. The van der Waals surface area contributed by atoms with Crippen LogP contribution in [-0.4, -0.2) is 32.9 Å². The van der Waals surface area contributed by atoms with Crippen molar-refractivity contribution in [3.05, 3.63) is 0 Å². The summed E-state index contributed by atoms with van der Waals surface area (Å²) in [5.74, 6) is 0.832. The first kappa shape index (κ1) is 17.4. The van der Waals surface area contributed by atoms with Crippen molar-refractivity contribution in [3.8, 4) is 0 Å². The van der Waals surface area contributed by atoms with Gasteiger partial charge in [-0.05, 0) is 53.7 Å². The van der Waals surface area contributed by atoms with Gasteiger partial charge in [-0.15, -0.1) is 0 Å². The molecule has 5 heteroatoms. The Labute approximate surface area is 113 Å². The van der Waals surface area contributed by atoms with E-state index in [2.05, 4.69) is 12.6 Å². The van der Waals surface area contributed by atoms with Gasteiger partial charge in [-0.2, -0.15) is 12.6 Å². The Morgan fingerprint density at radius 1 is 0.824 bits per heavy atom. The summed E-state index contributed by atoms with van der Waals surface area (Å²) in [5, 5.41) is 0. The van der Waals surface area contributed by atoms with Crippen LogP contribution in [0.4, 0.5) is 0 Å². The summed E-state index contributed by atoms with van der Waals surface area (Å²) in [6.45, 7) is 12.1. The maximum Gasteiger partial charge on any atom is 0.501 e. The Morgan fingerprint density at radius 2 is 1.18 bits per heavy atom. The van der Waals surface area contributed by atoms with Gasteiger partial charge in [0.05, 0.1) is 0 Å². The van der Waals surface area contributed by atoms with Crippen molar-refractivity contribution in [2.45, 2.75) is 72.3 Å². The van der Waals surface area contributed by atoms with E-state index in [0.717, 1.165) is 18.2 Å². The van der Waals surface area contributed by atoms with E-state index in [1.807, 2.05) is 41.5 Å². The molecule has 104 valence electrons. The Morgan fingerprint density at radius 3 is 1.41 bits per heavy atom. The zero-order valence-corrected chi connectivity index (χ0v) is 13.9. The minimum Gasteiger partial charge on any atom is -0.371 e. The van der Waals surface area contributed by atoms with Gasteiger partial charge in [-0.25, -0.2) is 0 Å². The maximum absolute atomic E-state index is 6.02. The molecule has 0 aliphatic rings. The van der Waals surface area contributed by atoms with Gasteiger partial charge in [0.1, 0.15) is 0 Å². The Kier molecular flexibility index (Phi) is 8.76. The van der Waals surface area contributed by atoms with Gasteiger partial charge in [-0.1, -0.05) is 0 Å². The minimum absolute atomic E-state index is 0.124. The number of rotatable bonds is 9. The molecule has 0 aliphatic carbocycles. The quantitative estimate of drug-likeness (QED) is 0.517. The summed E-state index contributed by atoms with van der Waals surface area (Å²) < 4.78 is 18.1. The molecule has 0 fully saturated rings. The Bertz CT molecular complexity index is 172. The van der Waals surface area contributed by atoms with Crippen LogP contribution in [-0.2, 0) is 13.3 Å². The molecule has 0 amide bonds. The fourth-order valence-corrected chi connectivity index (χ4v) is 5.37. The zero-order chi connectivity index (χ0) is 13.5. The van der Waals surface area contributed by atoms with Crippen LogP contribution in [0.1, 0.15) is 48.0 Å². The number of hydrogen-bond donors (Lipinski definition) is 1. The van der Waals surface area contributed by atoms with Gasteiger partial charge in [0, 0.05) is 24.4 Å². The molecule has 0 saturated carbocycles. The molecule has 0 aromatic heterocycles. The van der Waals surface area contributed by atoms with E-state index < -0.39 is 8.80 Å². The average Bonchev–Trinajstić information content (AvgIpc) is 2.11. The standard InChI is InChI=1S/C12H28O3SSi/c1-10(2)13-17(9-7-8-16,14-11(3)4)15-12(5)6/h10-12,16H,7-9H2,1-6H3. The molecule has 0 spiro atoms. The number of thiol groups is 1. The second-order valence-electron chi connectivity index (χ2n) is 5.01. The fraction of sp³-hybridized carbons (Fsp3) is 1.00. The number of hydrogen-bond acceptors (Lipinski definition) is 4.